The smallest absolute Gasteiger partial charge is 0.227 e. The third-order valence-electron chi connectivity index (χ3n) is 4.52. The highest BCUT2D eigenvalue weighted by molar-refractivity contribution is 5.90. The number of nitrogens with zero attached hydrogens (tertiary/aromatic N) is 1. The van der Waals surface area contributed by atoms with Gasteiger partial charge in [-0.15, -0.1) is 0 Å². The molecule has 3 aromatic carbocycles. The van der Waals surface area contributed by atoms with Gasteiger partial charge in [0.1, 0.15) is 5.52 Å². The summed E-state index contributed by atoms with van der Waals surface area (Å²) in [5.74, 6) is 0.645. The van der Waals surface area contributed by atoms with Crippen LogP contribution < -0.4 is 5.73 Å². The van der Waals surface area contributed by atoms with Gasteiger partial charge in [-0.2, -0.15) is 0 Å². The van der Waals surface area contributed by atoms with Crippen LogP contribution in [-0.2, 0) is 0 Å². The van der Waals surface area contributed by atoms with Gasteiger partial charge in [-0.05, 0) is 40.5 Å². The van der Waals surface area contributed by atoms with Gasteiger partial charge in [-0.3, -0.25) is 0 Å². The van der Waals surface area contributed by atoms with E-state index in [1.165, 1.54) is 5.56 Å². The van der Waals surface area contributed by atoms with E-state index < -0.39 is 0 Å². The molecule has 1 heterocycles. The molecule has 1 aliphatic rings. The van der Waals surface area contributed by atoms with Crippen molar-refractivity contribution >= 4 is 11.1 Å². The van der Waals surface area contributed by atoms with Gasteiger partial charge in [-0.1, -0.05) is 48.5 Å². The van der Waals surface area contributed by atoms with Gasteiger partial charge >= 0.3 is 0 Å². The Bertz CT molecular complexity index is 1020. The van der Waals surface area contributed by atoms with Crippen LogP contribution in [0.1, 0.15) is 17.2 Å². The lowest BCUT2D eigenvalue weighted by molar-refractivity contribution is 0.620. The second-order valence-corrected chi connectivity index (χ2v) is 5.82. The molecule has 3 nitrogen and oxygen atoms in total. The molecule has 1 aliphatic carbocycles. The molecule has 0 bridgehead atoms. The Morgan fingerprint density at radius 3 is 2.43 bits per heavy atom. The van der Waals surface area contributed by atoms with Crippen LogP contribution >= 0.6 is 0 Å². The Kier molecular flexibility index (Phi) is 2.49. The van der Waals surface area contributed by atoms with Crippen molar-refractivity contribution in [2.24, 2.45) is 5.73 Å². The van der Waals surface area contributed by atoms with E-state index in [1.807, 2.05) is 42.5 Å². The first kappa shape index (κ1) is 12.6. The molecular weight excluding hydrogens is 284 g/mol. The summed E-state index contributed by atoms with van der Waals surface area (Å²) in [6, 6.07) is 22.2. The lowest BCUT2D eigenvalue weighted by atomic mass is 9.99. The highest BCUT2D eigenvalue weighted by Crippen LogP contribution is 2.46. The van der Waals surface area contributed by atoms with Crippen LogP contribution in [0.25, 0.3) is 33.7 Å². The summed E-state index contributed by atoms with van der Waals surface area (Å²) in [5, 5.41) is 0. The molecule has 1 aromatic heterocycles. The number of hydrogen-bond acceptors (Lipinski definition) is 3. The van der Waals surface area contributed by atoms with Gasteiger partial charge in [0.2, 0.25) is 5.89 Å². The predicted octanol–water partition coefficient (Wildman–Crippen LogP) is 4.52. The maximum Gasteiger partial charge on any atom is 0.227 e. The number of oxazole rings is 1. The first-order chi connectivity index (χ1) is 11.3. The van der Waals surface area contributed by atoms with E-state index >= 15 is 0 Å². The zero-order chi connectivity index (χ0) is 15.4. The Morgan fingerprint density at radius 2 is 1.52 bits per heavy atom. The fourth-order valence-corrected chi connectivity index (χ4v) is 3.46. The van der Waals surface area contributed by atoms with Crippen LogP contribution in [0.5, 0.6) is 0 Å². The minimum Gasteiger partial charge on any atom is -0.436 e. The summed E-state index contributed by atoms with van der Waals surface area (Å²) < 4.78 is 5.98. The lowest BCUT2D eigenvalue weighted by Crippen LogP contribution is -2.07. The van der Waals surface area contributed by atoms with Crippen LogP contribution in [0.2, 0.25) is 0 Å². The van der Waals surface area contributed by atoms with Crippen molar-refractivity contribution in [3.8, 4) is 22.6 Å². The van der Waals surface area contributed by atoms with Gasteiger partial charge in [0.05, 0.1) is 6.04 Å². The molecule has 0 amide bonds. The Morgan fingerprint density at radius 1 is 0.783 bits per heavy atom. The summed E-state index contributed by atoms with van der Waals surface area (Å²) in [7, 11) is 0. The van der Waals surface area contributed by atoms with Crippen LogP contribution in [0.4, 0.5) is 0 Å². The quantitative estimate of drug-likeness (QED) is 0.562. The van der Waals surface area contributed by atoms with Crippen molar-refractivity contribution in [2.75, 3.05) is 0 Å². The highest BCUT2D eigenvalue weighted by Gasteiger charge is 2.29. The molecule has 5 rings (SSSR count). The lowest BCUT2D eigenvalue weighted by Gasteiger charge is -2.07. The van der Waals surface area contributed by atoms with E-state index in [4.69, 9.17) is 10.2 Å². The molecule has 2 N–H and O–H groups in total. The number of aromatic nitrogens is 1. The summed E-state index contributed by atoms with van der Waals surface area (Å²) in [6.07, 6.45) is 0. The van der Waals surface area contributed by atoms with Gasteiger partial charge in [0, 0.05) is 5.56 Å². The molecule has 0 unspecified atom stereocenters. The zero-order valence-corrected chi connectivity index (χ0v) is 12.4. The maximum atomic E-state index is 6.43. The minimum atomic E-state index is -0.0921. The van der Waals surface area contributed by atoms with E-state index in [-0.39, 0.29) is 6.04 Å². The minimum absolute atomic E-state index is 0.0921. The Labute approximate surface area is 133 Å². The van der Waals surface area contributed by atoms with Crippen molar-refractivity contribution in [1.82, 2.24) is 4.98 Å². The molecule has 23 heavy (non-hydrogen) atoms. The van der Waals surface area contributed by atoms with E-state index in [0.717, 1.165) is 33.4 Å². The topological polar surface area (TPSA) is 52.0 Å². The van der Waals surface area contributed by atoms with Crippen molar-refractivity contribution in [3.05, 3.63) is 77.9 Å². The molecule has 1 atom stereocenters. The molecule has 0 fully saturated rings. The highest BCUT2D eigenvalue weighted by atomic mass is 16.3. The Balaban J connectivity index is 1.81. The number of rotatable bonds is 1. The fourth-order valence-electron chi connectivity index (χ4n) is 3.46. The molecule has 0 aliphatic heterocycles. The number of nitrogens with two attached hydrogens (primary N) is 1. The molecule has 0 radical (unpaired) electrons. The maximum absolute atomic E-state index is 6.43. The van der Waals surface area contributed by atoms with Crippen LogP contribution in [-0.4, -0.2) is 4.98 Å². The number of fused-ring (bicyclic) bond motifs is 4. The van der Waals surface area contributed by atoms with E-state index in [0.29, 0.717) is 5.89 Å². The zero-order valence-electron chi connectivity index (χ0n) is 12.4. The average molecular weight is 298 g/mol. The van der Waals surface area contributed by atoms with Crippen molar-refractivity contribution in [3.63, 3.8) is 0 Å². The molecule has 0 saturated heterocycles. The van der Waals surface area contributed by atoms with Crippen molar-refractivity contribution < 1.29 is 4.42 Å². The normalized spacial score (nSPS) is 15.6. The molecular formula is C20H14N2O. The average Bonchev–Trinajstić information content (AvgIpc) is 3.15. The number of hydrogen-bond donors (Lipinski definition) is 1. The molecule has 110 valence electrons. The summed E-state index contributed by atoms with van der Waals surface area (Å²) in [6.45, 7) is 0. The fraction of sp³-hybridized carbons (Fsp3) is 0.0500. The van der Waals surface area contributed by atoms with Crippen LogP contribution in [0, 0.1) is 0 Å². The molecule has 0 saturated carbocycles. The van der Waals surface area contributed by atoms with E-state index in [2.05, 4.69) is 29.2 Å². The van der Waals surface area contributed by atoms with Gasteiger partial charge in [0.25, 0.3) is 0 Å². The summed E-state index contributed by atoms with van der Waals surface area (Å²) in [4.78, 5) is 4.65. The number of benzene rings is 3. The van der Waals surface area contributed by atoms with Crippen LogP contribution in [0.3, 0.4) is 0 Å². The Hall–Kier alpha value is -2.91. The molecule has 0 spiro atoms. The SMILES string of the molecule is N[C@@H]1c2ccccc2-c2c(-c3nc4ccccc4o3)cccc21. The largest absolute Gasteiger partial charge is 0.436 e. The molecule has 3 heteroatoms. The second-order valence-electron chi connectivity index (χ2n) is 5.82. The standard InChI is InChI=1S/C20H14N2O/c21-19-13-7-2-1-6-12(13)18-14(19)8-5-9-15(18)20-22-16-10-3-4-11-17(16)23-20/h1-11,19H,21H2/t19-/m1/s1. The van der Waals surface area contributed by atoms with Crippen LogP contribution in [0.15, 0.2) is 71.1 Å². The van der Waals surface area contributed by atoms with Crippen molar-refractivity contribution in [2.45, 2.75) is 6.04 Å². The third-order valence-corrected chi connectivity index (χ3v) is 4.52. The second kappa shape index (κ2) is 4.54. The van der Waals surface area contributed by atoms with Gasteiger partial charge < -0.3 is 10.2 Å². The predicted molar refractivity (Wildman–Crippen MR) is 90.9 cm³/mol. The first-order valence-electron chi connectivity index (χ1n) is 7.66. The monoisotopic (exact) mass is 298 g/mol. The third kappa shape index (κ3) is 1.71. The molecule has 4 aromatic rings. The van der Waals surface area contributed by atoms with Gasteiger partial charge in [0.15, 0.2) is 5.58 Å². The van der Waals surface area contributed by atoms with E-state index in [1.54, 1.807) is 0 Å². The van der Waals surface area contributed by atoms with Crippen molar-refractivity contribution in [1.29, 1.82) is 0 Å². The van der Waals surface area contributed by atoms with Gasteiger partial charge in [-0.25, -0.2) is 4.98 Å². The number of para-hydroxylation sites is 2. The summed E-state index contributed by atoms with van der Waals surface area (Å²) >= 11 is 0. The first-order valence-corrected chi connectivity index (χ1v) is 7.66. The van der Waals surface area contributed by atoms with E-state index in [9.17, 15) is 0 Å². The summed E-state index contributed by atoms with van der Waals surface area (Å²) in [5.41, 5.74) is 13.7.